The third-order valence-corrected chi connectivity index (χ3v) is 6.26. The molecule has 0 saturated carbocycles. The van der Waals surface area contributed by atoms with Crippen LogP contribution in [0.15, 0.2) is 18.2 Å². The smallest absolute Gasteiger partial charge is 0.328 e. The predicted octanol–water partition coefficient (Wildman–Crippen LogP) is 2.98. The number of urea groups is 1. The van der Waals surface area contributed by atoms with Crippen LogP contribution in [0.4, 0.5) is 14.9 Å². The van der Waals surface area contributed by atoms with Crippen LogP contribution in [0.5, 0.6) is 0 Å². The van der Waals surface area contributed by atoms with E-state index in [-0.39, 0.29) is 11.8 Å². The minimum Gasteiger partial charge on any atom is -0.481 e. The van der Waals surface area contributed by atoms with Gasteiger partial charge in [0, 0.05) is 13.1 Å². The van der Waals surface area contributed by atoms with Crippen LogP contribution in [0, 0.1) is 17.2 Å². The number of rotatable bonds is 5. The molecule has 164 valence electrons. The lowest BCUT2D eigenvalue weighted by Crippen LogP contribution is -2.48. The molecule has 3 rings (SSSR count). The fourth-order valence-electron chi connectivity index (χ4n) is 4.21. The molecule has 1 aromatic carbocycles. The van der Waals surface area contributed by atoms with E-state index >= 15 is 0 Å². The van der Waals surface area contributed by atoms with Crippen LogP contribution in [0.25, 0.3) is 0 Å². The molecule has 8 heteroatoms. The molecular formula is C22H30FN3O4. The molecule has 0 unspecified atom stereocenters. The van der Waals surface area contributed by atoms with E-state index in [4.69, 9.17) is 0 Å². The zero-order chi connectivity index (χ0) is 22.3. The fourth-order valence-corrected chi connectivity index (χ4v) is 4.21. The lowest BCUT2D eigenvalue weighted by Gasteiger charge is -2.35. The first-order chi connectivity index (χ1) is 13.9. The SMILES string of the molecule is CC(C)(CN1CCC(CNC(=O)N2C(=O)C(C)(C)c3ccc(F)cc32)CC1)C(=O)O. The molecule has 2 N–H and O–H groups in total. The summed E-state index contributed by atoms with van der Waals surface area (Å²) in [6, 6.07) is 3.55. The molecule has 0 spiro atoms. The largest absolute Gasteiger partial charge is 0.481 e. The van der Waals surface area contributed by atoms with Crippen LogP contribution in [-0.2, 0) is 15.0 Å². The van der Waals surface area contributed by atoms with E-state index < -0.39 is 28.6 Å². The number of nitrogens with one attached hydrogen (secondary N) is 1. The summed E-state index contributed by atoms with van der Waals surface area (Å²) in [5, 5.41) is 12.1. The van der Waals surface area contributed by atoms with Crippen molar-refractivity contribution in [3.05, 3.63) is 29.6 Å². The second-order valence-corrected chi connectivity index (χ2v) is 9.52. The van der Waals surface area contributed by atoms with Crippen LogP contribution in [0.3, 0.4) is 0 Å². The molecule has 1 aromatic rings. The van der Waals surface area contributed by atoms with E-state index in [1.54, 1.807) is 33.8 Å². The van der Waals surface area contributed by atoms with Gasteiger partial charge < -0.3 is 15.3 Å². The second kappa shape index (κ2) is 7.98. The van der Waals surface area contributed by atoms with E-state index in [9.17, 15) is 23.9 Å². The Morgan fingerprint density at radius 3 is 2.50 bits per heavy atom. The van der Waals surface area contributed by atoms with Crippen molar-refractivity contribution in [3.8, 4) is 0 Å². The minimum absolute atomic E-state index is 0.246. The number of amides is 3. The lowest BCUT2D eigenvalue weighted by atomic mass is 9.86. The third-order valence-electron chi connectivity index (χ3n) is 6.26. The molecule has 0 aliphatic carbocycles. The van der Waals surface area contributed by atoms with Gasteiger partial charge in [-0.15, -0.1) is 0 Å². The number of carbonyl (C=O) groups is 3. The van der Waals surface area contributed by atoms with Crippen LogP contribution in [-0.4, -0.2) is 54.1 Å². The van der Waals surface area contributed by atoms with E-state index in [1.165, 1.54) is 12.1 Å². The van der Waals surface area contributed by atoms with E-state index in [2.05, 4.69) is 10.2 Å². The predicted molar refractivity (Wildman–Crippen MR) is 111 cm³/mol. The van der Waals surface area contributed by atoms with Gasteiger partial charge in [0.05, 0.1) is 16.5 Å². The van der Waals surface area contributed by atoms with Crippen LogP contribution in [0.1, 0.15) is 46.1 Å². The van der Waals surface area contributed by atoms with Crippen LogP contribution >= 0.6 is 0 Å². The number of halogens is 1. The van der Waals surface area contributed by atoms with Crippen molar-refractivity contribution in [2.24, 2.45) is 11.3 Å². The van der Waals surface area contributed by atoms with Crippen molar-refractivity contribution in [2.75, 3.05) is 31.1 Å². The lowest BCUT2D eigenvalue weighted by molar-refractivity contribution is -0.148. The highest BCUT2D eigenvalue weighted by atomic mass is 19.1. The van der Waals surface area contributed by atoms with Gasteiger partial charge in [-0.1, -0.05) is 6.07 Å². The van der Waals surface area contributed by atoms with Crippen molar-refractivity contribution in [1.29, 1.82) is 0 Å². The summed E-state index contributed by atoms with van der Waals surface area (Å²) in [7, 11) is 0. The number of likely N-dealkylation sites (tertiary alicyclic amines) is 1. The average molecular weight is 419 g/mol. The summed E-state index contributed by atoms with van der Waals surface area (Å²) in [6.45, 7) is 9.34. The maximum Gasteiger partial charge on any atom is 0.328 e. The molecule has 7 nitrogen and oxygen atoms in total. The quantitative estimate of drug-likeness (QED) is 0.766. The molecule has 2 heterocycles. The summed E-state index contributed by atoms with van der Waals surface area (Å²) in [6.07, 6.45) is 1.67. The van der Waals surface area contributed by atoms with E-state index in [0.29, 0.717) is 24.3 Å². The van der Waals surface area contributed by atoms with Crippen LogP contribution < -0.4 is 10.2 Å². The molecule has 0 atom stereocenters. The number of imide groups is 1. The van der Waals surface area contributed by atoms with Crippen molar-refractivity contribution in [2.45, 2.75) is 46.0 Å². The number of carboxylic acids is 1. The molecule has 2 aliphatic rings. The van der Waals surface area contributed by atoms with Crippen molar-refractivity contribution in [3.63, 3.8) is 0 Å². The van der Waals surface area contributed by atoms with Gasteiger partial charge in [0.25, 0.3) is 0 Å². The maximum absolute atomic E-state index is 13.7. The molecule has 0 bridgehead atoms. The van der Waals surface area contributed by atoms with E-state index in [1.807, 2.05) is 0 Å². The molecule has 30 heavy (non-hydrogen) atoms. The molecule has 0 aromatic heterocycles. The Hall–Kier alpha value is -2.48. The number of benzene rings is 1. The van der Waals surface area contributed by atoms with Crippen molar-refractivity contribution < 1.29 is 23.9 Å². The van der Waals surface area contributed by atoms with Crippen LogP contribution in [0.2, 0.25) is 0 Å². The maximum atomic E-state index is 13.7. The van der Waals surface area contributed by atoms with Gasteiger partial charge in [-0.2, -0.15) is 0 Å². The summed E-state index contributed by atoms with van der Waals surface area (Å²) in [5.41, 5.74) is -0.749. The number of nitrogens with zero attached hydrogens (tertiary/aromatic N) is 2. The Morgan fingerprint density at radius 1 is 1.27 bits per heavy atom. The minimum atomic E-state index is -0.886. The Bertz CT molecular complexity index is 860. The summed E-state index contributed by atoms with van der Waals surface area (Å²) < 4.78 is 13.7. The number of carboxylic acid groups (broad SMARTS) is 1. The zero-order valence-electron chi connectivity index (χ0n) is 18.0. The van der Waals surface area contributed by atoms with E-state index in [0.717, 1.165) is 30.8 Å². The Kier molecular flexibility index (Phi) is 5.91. The van der Waals surface area contributed by atoms with Gasteiger partial charge in [0.15, 0.2) is 0 Å². The Morgan fingerprint density at radius 2 is 1.90 bits per heavy atom. The summed E-state index contributed by atoms with van der Waals surface area (Å²) in [4.78, 5) is 40.1. The summed E-state index contributed by atoms with van der Waals surface area (Å²) >= 11 is 0. The number of aliphatic carboxylic acids is 1. The first-order valence-corrected chi connectivity index (χ1v) is 10.3. The van der Waals surface area contributed by atoms with Crippen molar-refractivity contribution >= 4 is 23.6 Å². The first-order valence-electron chi connectivity index (χ1n) is 10.3. The Balaban J connectivity index is 1.57. The molecule has 2 aliphatic heterocycles. The molecular weight excluding hydrogens is 389 g/mol. The topological polar surface area (TPSA) is 90.0 Å². The van der Waals surface area contributed by atoms with Gasteiger partial charge in [0.1, 0.15) is 5.82 Å². The average Bonchev–Trinajstić information content (AvgIpc) is 2.86. The van der Waals surface area contributed by atoms with Gasteiger partial charge in [-0.25, -0.2) is 14.1 Å². The second-order valence-electron chi connectivity index (χ2n) is 9.52. The molecule has 1 saturated heterocycles. The number of carbonyl (C=O) groups excluding carboxylic acids is 2. The Labute approximate surface area is 176 Å². The molecule has 1 fully saturated rings. The van der Waals surface area contributed by atoms with Gasteiger partial charge in [0.2, 0.25) is 5.91 Å². The highest BCUT2D eigenvalue weighted by Gasteiger charge is 2.46. The molecule has 3 amide bonds. The van der Waals surface area contributed by atoms with Gasteiger partial charge in [-0.05, 0) is 77.2 Å². The number of piperidine rings is 1. The van der Waals surface area contributed by atoms with Gasteiger partial charge >= 0.3 is 12.0 Å². The standard InChI is InChI=1S/C22H30FN3O4/c1-21(2,19(28)29)13-25-9-7-14(8-10-25)12-24-20(30)26-17-11-15(23)5-6-16(17)22(3,4)18(26)27/h5-6,11,14H,7-10,12-13H2,1-4H3,(H,24,30)(H,28,29). The first kappa shape index (κ1) is 22.2. The third kappa shape index (κ3) is 4.19. The summed E-state index contributed by atoms with van der Waals surface area (Å²) in [5.74, 6) is -1.43. The van der Waals surface area contributed by atoms with Crippen molar-refractivity contribution in [1.82, 2.24) is 10.2 Å². The fraction of sp³-hybridized carbons (Fsp3) is 0.591. The number of hydrogen-bond acceptors (Lipinski definition) is 4. The number of hydrogen-bond donors (Lipinski definition) is 2. The monoisotopic (exact) mass is 419 g/mol. The molecule has 0 radical (unpaired) electrons. The highest BCUT2D eigenvalue weighted by molar-refractivity contribution is 6.22. The highest BCUT2D eigenvalue weighted by Crippen LogP contribution is 2.41. The number of fused-ring (bicyclic) bond motifs is 1. The zero-order valence-corrected chi connectivity index (χ0v) is 18.0. The normalized spacial score (nSPS) is 19.6. The van der Waals surface area contributed by atoms with Gasteiger partial charge in [-0.3, -0.25) is 9.59 Å². The number of anilines is 1.